The zero-order valence-corrected chi connectivity index (χ0v) is 24.4. The molecule has 8 nitrogen and oxygen atoms in total. The Kier molecular flexibility index (Phi) is 7.82. The summed E-state index contributed by atoms with van der Waals surface area (Å²) in [5.74, 6) is 0.489. The standard InChI is InChI=1S/C33H37FN6O2/c1-4-31(41)40-16-15-39(19-22(40)12-13-35)32-28-17-29(34)27(25-9-5-8-24-21(2)10-11-26(24)25)18-30(28)36-33(37-32)42-20-23-7-6-14-38(23)3/h4-5,8-9,17-18,21-23H,1,6-7,10-12,14-16,19-20H2,2-3H3/t21-,22-,23-/m0/s1. The van der Waals surface area contributed by atoms with Gasteiger partial charge in [-0.15, -0.1) is 0 Å². The number of aromatic nitrogens is 2. The van der Waals surface area contributed by atoms with Gasteiger partial charge in [-0.05, 0) is 80.1 Å². The summed E-state index contributed by atoms with van der Waals surface area (Å²) in [5.41, 5.74) is 4.55. The largest absolute Gasteiger partial charge is 0.462 e. The Balaban J connectivity index is 1.42. The number of fused-ring (bicyclic) bond motifs is 2. The molecule has 218 valence electrons. The molecule has 2 fully saturated rings. The molecule has 42 heavy (non-hydrogen) atoms. The van der Waals surface area contributed by atoms with Gasteiger partial charge in [-0.25, -0.2) is 4.39 Å². The van der Waals surface area contributed by atoms with Crippen LogP contribution in [0.1, 0.15) is 49.7 Å². The number of halogens is 1. The summed E-state index contributed by atoms with van der Waals surface area (Å²) in [5, 5.41) is 10.1. The lowest BCUT2D eigenvalue weighted by Gasteiger charge is -2.41. The Morgan fingerprint density at radius 1 is 1.19 bits per heavy atom. The summed E-state index contributed by atoms with van der Waals surface area (Å²) in [6, 6.07) is 11.9. The van der Waals surface area contributed by atoms with E-state index in [0.29, 0.717) is 60.5 Å². The molecule has 9 heteroatoms. The minimum absolute atomic E-state index is 0.173. The highest BCUT2D eigenvalue weighted by Crippen LogP contribution is 2.41. The van der Waals surface area contributed by atoms with Crippen LogP contribution in [0.25, 0.3) is 22.0 Å². The number of hydrogen-bond acceptors (Lipinski definition) is 7. The Bertz CT molecular complexity index is 1570. The van der Waals surface area contributed by atoms with Gasteiger partial charge in [-0.2, -0.15) is 15.2 Å². The molecule has 3 atom stereocenters. The molecule has 2 aromatic carbocycles. The zero-order valence-electron chi connectivity index (χ0n) is 24.4. The maximum atomic E-state index is 16.0. The molecule has 0 N–H and O–H groups in total. The predicted octanol–water partition coefficient (Wildman–Crippen LogP) is 5.08. The van der Waals surface area contributed by atoms with Gasteiger partial charge >= 0.3 is 6.01 Å². The number of likely N-dealkylation sites (tertiary alicyclic amines) is 1. The average Bonchev–Trinajstić information content (AvgIpc) is 3.59. The van der Waals surface area contributed by atoms with Crippen LogP contribution in [0.5, 0.6) is 6.01 Å². The van der Waals surface area contributed by atoms with Crippen LogP contribution in [0, 0.1) is 17.1 Å². The van der Waals surface area contributed by atoms with Crippen molar-refractivity contribution in [2.75, 3.05) is 44.7 Å². The van der Waals surface area contributed by atoms with Crippen LogP contribution in [-0.4, -0.2) is 77.6 Å². The van der Waals surface area contributed by atoms with Crippen molar-refractivity contribution in [1.29, 1.82) is 5.26 Å². The Labute approximate surface area is 246 Å². The molecule has 3 heterocycles. The van der Waals surface area contributed by atoms with E-state index in [4.69, 9.17) is 14.7 Å². The second kappa shape index (κ2) is 11.7. The van der Waals surface area contributed by atoms with Crippen LogP contribution >= 0.6 is 0 Å². The minimum atomic E-state index is -0.339. The molecule has 0 unspecified atom stereocenters. The van der Waals surface area contributed by atoms with Gasteiger partial charge in [0.25, 0.3) is 0 Å². The quantitative estimate of drug-likeness (QED) is 0.368. The van der Waals surface area contributed by atoms with E-state index in [1.54, 1.807) is 4.90 Å². The zero-order chi connectivity index (χ0) is 29.4. The highest BCUT2D eigenvalue weighted by Gasteiger charge is 2.32. The molecule has 3 aliphatic rings. The van der Waals surface area contributed by atoms with Crippen LogP contribution < -0.4 is 9.64 Å². The fourth-order valence-electron chi connectivity index (χ4n) is 6.83. The molecule has 6 rings (SSSR count). The van der Waals surface area contributed by atoms with Crippen molar-refractivity contribution in [1.82, 2.24) is 19.8 Å². The highest BCUT2D eigenvalue weighted by molar-refractivity contribution is 5.94. The van der Waals surface area contributed by atoms with Crippen molar-refractivity contribution in [2.45, 2.75) is 57.0 Å². The molecular formula is C33H37FN6O2. The van der Waals surface area contributed by atoms with Crippen molar-refractivity contribution >= 4 is 22.6 Å². The van der Waals surface area contributed by atoms with Gasteiger partial charge in [-0.3, -0.25) is 4.79 Å². The molecule has 1 amide bonds. The van der Waals surface area contributed by atoms with Gasteiger partial charge < -0.3 is 19.4 Å². The maximum absolute atomic E-state index is 16.0. The Hall–Kier alpha value is -4.03. The summed E-state index contributed by atoms with van der Waals surface area (Å²) in [7, 11) is 2.10. The molecule has 0 radical (unpaired) electrons. The van der Waals surface area contributed by atoms with Gasteiger partial charge in [0.05, 0.1) is 24.0 Å². The van der Waals surface area contributed by atoms with Crippen molar-refractivity contribution in [2.24, 2.45) is 0 Å². The number of hydrogen-bond donors (Lipinski definition) is 0. The first-order chi connectivity index (χ1) is 20.4. The number of carbonyl (C=O) groups is 1. The van der Waals surface area contributed by atoms with Crippen LogP contribution in [0.4, 0.5) is 10.2 Å². The van der Waals surface area contributed by atoms with Crippen molar-refractivity contribution in [3.8, 4) is 23.2 Å². The molecule has 2 aliphatic heterocycles. The average molecular weight is 569 g/mol. The summed E-state index contributed by atoms with van der Waals surface area (Å²) in [4.78, 5) is 28.1. The third kappa shape index (κ3) is 5.20. The van der Waals surface area contributed by atoms with Crippen LogP contribution in [0.15, 0.2) is 43.0 Å². The van der Waals surface area contributed by atoms with Gasteiger partial charge in [0.2, 0.25) is 5.91 Å². The highest BCUT2D eigenvalue weighted by atomic mass is 19.1. The number of nitriles is 1. The summed E-state index contributed by atoms with van der Waals surface area (Å²) < 4.78 is 22.2. The molecule has 1 aliphatic carbocycles. The summed E-state index contributed by atoms with van der Waals surface area (Å²) in [6.45, 7) is 8.61. The number of anilines is 1. The monoisotopic (exact) mass is 568 g/mol. The van der Waals surface area contributed by atoms with Crippen molar-refractivity contribution in [3.05, 3.63) is 59.9 Å². The van der Waals surface area contributed by atoms with E-state index in [1.165, 1.54) is 23.3 Å². The van der Waals surface area contributed by atoms with E-state index in [1.807, 2.05) is 23.1 Å². The second-order valence-corrected chi connectivity index (χ2v) is 11.8. The number of ether oxygens (including phenoxy) is 1. The fourth-order valence-corrected chi connectivity index (χ4v) is 6.83. The van der Waals surface area contributed by atoms with E-state index < -0.39 is 0 Å². The summed E-state index contributed by atoms with van der Waals surface area (Å²) >= 11 is 0. The van der Waals surface area contributed by atoms with Crippen molar-refractivity contribution < 1.29 is 13.9 Å². The second-order valence-electron chi connectivity index (χ2n) is 11.8. The lowest BCUT2D eigenvalue weighted by molar-refractivity contribution is -0.128. The number of rotatable bonds is 7. The molecule has 1 aromatic heterocycles. The lowest BCUT2D eigenvalue weighted by atomic mass is 9.94. The molecule has 3 aromatic rings. The van der Waals surface area contributed by atoms with E-state index in [0.717, 1.165) is 37.8 Å². The molecule has 0 saturated carbocycles. The predicted molar refractivity (Wildman–Crippen MR) is 161 cm³/mol. The number of piperazine rings is 1. The SMILES string of the molecule is C=CC(=O)N1CCN(c2nc(OC[C@@H]3CCCN3C)nc3cc(-c4cccc5c4CC[C@@H]5C)c(F)cc23)C[C@@H]1CC#N. The van der Waals surface area contributed by atoms with Gasteiger partial charge in [0, 0.05) is 36.6 Å². The fraction of sp³-hybridized carbons (Fsp3) is 0.455. The van der Waals surface area contributed by atoms with Crippen LogP contribution in [-0.2, 0) is 11.2 Å². The number of likely N-dealkylation sites (N-methyl/N-ethyl adjacent to an activating group) is 1. The Morgan fingerprint density at radius 2 is 2.05 bits per heavy atom. The van der Waals surface area contributed by atoms with Gasteiger partial charge in [0.15, 0.2) is 0 Å². The van der Waals surface area contributed by atoms with E-state index in [2.05, 4.69) is 37.6 Å². The molecule has 0 spiro atoms. The molecule has 2 saturated heterocycles. The van der Waals surface area contributed by atoms with E-state index in [9.17, 15) is 10.1 Å². The Morgan fingerprint density at radius 3 is 2.81 bits per heavy atom. The van der Waals surface area contributed by atoms with Crippen molar-refractivity contribution in [3.63, 3.8) is 0 Å². The molecule has 0 bridgehead atoms. The van der Waals surface area contributed by atoms with E-state index >= 15 is 4.39 Å². The van der Waals surface area contributed by atoms with Crippen LogP contribution in [0.3, 0.4) is 0 Å². The number of nitrogens with zero attached hydrogens (tertiary/aromatic N) is 6. The lowest BCUT2D eigenvalue weighted by Crippen LogP contribution is -2.55. The summed E-state index contributed by atoms with van der Waals surface area (Å²) in [6.07, 6.45) is 5.63. The first-order valence-electron chi connectivity index (χ1n) is 14.9. The topological polar surface area (TPSA) is 85.6 Å². The third-order valence-electron chi connectivity index (χ3n) is 9.25. The van der Waals surface area contributed by atoms with Gasteiger partial charge in [-0.1, -0.05) is 31.7 Å². The first-order valence-corrected chi connectivity index (χ1v) is 14.9. The number of amides is 1. The van der Waals surface area contributed by atoms with Gasteiger partial charge in [0.1, 0.15) is 18.2 Å². The van der Waals surface area contributed by atoms with E-state index in [-0.39, 0.29) is 30.2 Å². The third-order valence-corrected chi connectivity index (χ3v) is 9.25. The number of benzene rings is 2. The minimum Gasteiger partial charge on any atom is -0.462 e. The van der Waals surface area contributed by atoms with Crippen LogP contribution in [0.2, 0.25) is 0 Å². The normalized spacial score (nSPS) is 22.3. The first kappa shape index (κ1) is 28.1. The maximum Gasteiger partial charge on any atom is 0.319 e. The molecular weight excluding hydrogens is 531 g/mol. The number of carbonyl (C=O) groups excluding carboxylic acids is 1. The smallest absolute Gasteiger partial charge is 0.319 e.